The fraction of sp³-hybridized carbons (Fsp3) is 0.647. The first-order valence-corrected chi connectivity index (χ1v) is 9.33. The number of hydrogen-bond acceptors (Lipinski definition) is 4. The summed E-state index contributed by atoms with van der Waals surface area (Å²) in [7, 11) is 0. The summed E-state index contributed by atoms with van der Waals surface area (Å²) in [6.45, 7) is 0.648. The molecule has 0 radical (unpaired) electrons. The number of rotatable bonds is 4. The monoisotopic (exact) mass is 336 g/mol. The first kappa shape index (κ1) is 16.5. The lowest BCUT2D eigenvalue weighted by atomic mass is 9.92. The van der Waals surface area contributed by atoms with Crippen LogP contribution in [0.1, 0.15) is 43.4 Å². The van der Waals surface area contributed by atoms with E-state index in [-0.39, 0.29) is 23.9 Å². The van der Waals surface area contributed by atoms with Crippen molar-refractivity contribution < 1.29 is 14.7 Å². The van der Waals surface area contributed by atoms with Gasteiger partial charge in [0.25, 0.3) is 0 Å². The minimum atomic E-state index is -0.454. The van der Waals surface area contributed by atoms with E-state index in [0.29, 0.717) is 19.4 Å². The van der Waals surface area contributed by atoms with Crippen molar-refractivity contribution in [3.05, 3.63) is 22.4 Å². The molecule has 1 saturated heterocycles. The largest absolute Gasteiger partial charge is 0.391 e. The van der Waals surface area contributed by atoms with Crippen molar-refractivity contribution >= 4 is 23.2 Å². The summed E-state index contributed by atoms with van der Waals surface area (Å²) in [6.07, 6.45) is 5.11. The van der Waals surface area contributed by atoms with Crippen LogP contribution in [0.15, 0.2) is 17.5 Å². The summed E-state index contributed by atoms with van der Waals surface area (Å²) in [5.74, 6) is -0.0812. The molecule has 6 heteroatoms. The number of aliphatic hydroxyl groups is 1. The molecule has 0 aromatic carbocycles. The van der Waals surface area contributed by atoms with Crippen molar-refractivity contribution in [2.45, 2.75) is 63.1 Å². The number of amides is 2. The number of nitrogens with zero attached hydrogens (tertiary/aromatic N) is 1. The highest BCUT2D eigenvalue weighted by Crippen LogP contribution is 2.22. The summed E-state index contributed by atoms with van der Waals surface area (Å²) >= 11 is 1.57. The first-order chi connectivity index (χ1) is 11.1. The highest BCUT2D eigenvalue weighted by Gasteiger charge is 2.36. The third-order valence-electron chi connectivity index (χ3n) is 4.84. The molecule has 1 aromatic heterocycles. The van der Waals surface area contributed by atoms with Crippen molar-refractivity contribution in [2.24, 2.45) is 0 Å². The van der Waals surface area contributed by atoms with Gasteiger partial charge in [0.1, 0.15) is 6.04 Å². The Hall–Kier alpha value is -1.40. The molecule has 3 rings (SSSR count). The SMILES string of the molecule is O=C(N[C@@H]1CCCC[C@H]1O)C1CCCN1C(=O)Cc1cccs1. The van der Waals surface area contributed by atoms with Gasteiger partial charge in [-0.1, -0.05) is 18.9 Å². The van der Waals surface area contributed by atoms with E-state index in [0.717, 1.165) is 37.0 Å². The van der Waals surface area contributed by atoms with E-state index in [9.17, 15) is 14.7 Å². The minimum absolute atomic E-state index is 0.0225. The van der Waals surface area contributed by atoms with Crippen LogP contribution in [0.5, 0.6) is 0 Å². The lowest BCUT2D eigenvalue weighted by Gasteiger charge is -2.31. The molecule has 1 unspecified atom stereocenters. The van der Waals surface area contributed by atoms with Gasteiger partial charge in [0, 0.05) is 11.4 Å². The van der Waals surface area contributed by atoms with Gasteiger partial charge in [0.15, 0.2) is 0 Å². The average molecular weight is 336 g/mol. The number of thiophene rings is 1. The molecule has 2 fully saturated rings. The van der Waals surface area contributed by atoms with E-state index in [1.54, 1.807) is 16.2 Å². The number of likely N-dealkylation sites (tertiary alicyclic amines) is 1. The Labute approximate surface area is 140 Å². The quantitative estimate of drug-likeness (QED) is 0.879. The van der Waals surface area contributed by atoms with E-state index < -0.39 is 6.10 Å². The molecule has 0 spiro atoms. The zero-order valence-electron chi connectivity index (χ0n) is 13.2. The summed E-state index contributed by atoms with van der Waals surface area (Å²) in [5.41, 5.74) is 0. The number of hydrogen-bond donors (Lipinski definition) is 2. The molecule has 1 aliphatic heterocycles. The topological polar surface area (TPSA) is 69.6 Å². The van der Waals surface area contributed by atoms with Gasteiger partial charge in [-0.15, -0.1) is 11.3 Å². The van der Waals surface area contributed by atoms with Crippen LogP contribution in [0.2, 0.25) is 0 Å². The van der Waals surface area contributed by atoms with Crippen LogP contribution in [-0.4, -0.2) is 46.6 Å². The highest BCUT2D eigenvalue weighted by molar-refractivity contribution is 7.10. The van der Waals surface area contributed by atoms with E-state index in [1.165, 1.54) is 0 Å². The molecule has 1 saturated carbocycles. The molecule has 126 valence electrons. The van der Waals surface area contributed by atoms with E-state index in [4.69, 9.17) is 0 Å². The van der Waals surface area contributed by atoms with Crippen LogP contribution >= 0.6 is 11.3 Å². The molecule has 2 aliphatic rings. The Morgan fingerprint density at radius 1 is 1.26 bits per heavy atom. The van der Waals surface area contributed by atoms with Gasteiger partial charge in [-0.3, -0.25) is 9.59 Å². The Morgan fingerprint density at radius 2 is 2.09 bits per heavy atom. The fourth-order valence-corrected chi connectivity index (χ4v) is 4.26. The third kappa shape index (κ3) is 3.93. The van der Waals surface area contributed by atoms with Crippen LogP contribution in [0.3, 0.4) is 0 Å². The fourth-order valence-electron chi connectivity index (χ4n) is 3.56. The molecule has 23 heavy (non-hydrogen) atoms. The molecule has 0 bridgehead atoms. The Morgan fingerprint density at radius 3 is 2.83 bits per heavy atom. The summed E-state index contributed by atoms with van der Waals surface area (Å²) in [5, 5.41) is 14.9. The number of nitrogens with one attached hydrogen (secondary N) is 1. The number of aliphatic hydroxyl groups excluding tert-OH is 1. The zero-order chi connectivity index (χ0) is 16.2. The molecule has 2 heterocycles. The van der Waals surface area contributed by atoms with Crippen molar-refractivity contribution in [3.63, 3.8) is 0 Å². The maximum absolute atomic E-state index is 12.6. The van der Waals surface area contributed by atoms with Crippen LogP contribution in [0, 0.1) is 0 Å². The normalized spacial score (nSPS) is 27.9. The highest BCUT2D eigenvalue weighted by atomic mass is 32.1. The van der Waals surface area contributed by atoms with Gasteiger partial charge in [-0.25, -0.2) is 0 Å². The number of carbonyl (C=O) groups excluding carboxylic acids is 2. The first-order valence-electron chi connectivity index (χ1n) is 8.45. The molecule has 1 aromatic rings. The van der Waals surface area contributed by atoms with Gasteiger partial charge in [0.2, 0.25) is 11.8 Å². The van der Waals surface area contributed by atoms with Gasteiger partial charge < -0.3 is 15.3 Å². The van der Waals surface area contributed by atoms with Crippen molar-refractivity contribution in [1.82, 2.24) is 10.2 Å². The molecule has 5 nitrogen and oxygen atoms in total. The van der Waals surface area contributed by atoms with E-state index in [1.807, 2.05) is 17.5 Å². The molecule has 2 N–H and O–H groups in total. The van der Waals surface area contributed by atoms with Crippen molar-refractivity contribution in [3.8, 4) is 0 Å². The Bertz CT molecular complexity index is 546. The second-order valence-electron chi connectivity index (χ2n) is 6.47. The van der Waals surface area contributed by atoms with Crippen LogP contribution in [0.4, 0.5) is 0 Å². The second-order valence-corrected chi connectivity index (χ2v) is 7.50. The van der Waals surface area contributed by atoms with Gasteiger partial charge in [-0.2, -0.15) is 0 Å². The van der Waals surface area contributed by atoms with Crippen molar-refractivity contribution in [1.29, 1.82) is 0 Å². The van der Waals surface area contributed by atoms with E-state index in [2.05, 4.69) is 5.32 Å². The third-order valence-corrected chi connectivity index (χ3v) is 5.71. The lowest BCUT2D eigenvalue weighted by molar-refractivity contribution is -0.138. The van der Waals surface area contributed by atoms with Crippen LogP contribution in [0.25, 0.3) is 0 Å². The molecular weight excluding hydrogens is 312 g/mol. The maximum Gasteiger partial charge on any atom is 0.243 e. The maximum atomic E-state index is 12.6. The Kier molecular flexibility index (Phi) is 5.33. The van der Waals surface area contributed by atoms with Crippen LogP contribution in [-0.2, 0) is 16.0 Å². The van der Waals surface area contributed by atoms with Gasteiger partial charge in [-0.05, 0) is 37.1 Å². The predicted octanol–water partition coefficient (Wildman–Crippen LogP) is 1.70. The molecule has 2 amide bonds. The smallest absolute Gasteiger partial charge is 0.243 e. The van der Waals surface area contributed by atoms with Gasteiger partial charge >= 0.3 is 0 Å². The van der Waals surface area contributed by atoms with Crippen molar-refractivity contribution in [2.75, 3.05) is 6.54 Å². The summed E-state index contributed by atoms with van der Waals surface area (Å²) in [6, 6.07) is 3.35. The minimum Gasteiger partial charge on any atom is -0.391 e. The summed E-state index contributed by atoms with van der Waals surface area (Å²) in [4.78, 5) is 27.8. The predicted molar refractivity (Wildman–Crippen MR) is 89.2 cm³/mol. The molecular formula is C17H24N2O3S. The number of carbonyl (C=O) groups is 2. The average Bonchev–Trinajstić information content (AvgIpc) is 3.20. The Balaban J connectivity index is 1.59. The second kappa shape index (κ2) is 7.45. The summed E-state index contributed by atoms with van der Waals surface area (Å²) < 4.78 is 0. The van der Waals surface area contributed by atoms with Crippen LogP contribution < -0.4 is 5.32 Å². The molecule has 1 aliphatic carbocycles. The van der Waals surface area contributed by atoms with Gasteiger partial charge in [0.05, 0.1) is 18.6 Å². The van der Waals surface area contributed by atoms with E-state index >= 15 is 0 Å². The standard InChI is InChI=1S/C17H24N2O3S/c20-15-8-2-1-6-13(15)18-17(22)14-7-3-9-19(14)16(21)11-12-5-4-10-23-12/h4-5,10,13-15,20H,1-3,6-9,11H2,(H,18,22)/t13-,14?,15-/m1/s1. The zero-order valence-corrected chi connectivity index (χ0v) is 14.1. The molecule has 3 atom stereocenters. The lowest BCUT2D eigenvalue weighted by Crippen LogP contribution is -2.52.